The van der Waals surface area contributed by atoms with Crippen LogP contribution in [0.3, 0.4) is 0 Å². The minimum absolute atomic E-state index is 0.382. The first-order chi connectivity index (χ1) is 7.75. The van der Waals surface area contributed by atoms with Crippen molar-refractivity contribution >= 4 is 11.8 Å². The number of hydrogen-bond donors (Lipinski definition) is 1. The first-order valence-electron chi connectivity index (χ1n) is 6.21. The highest BCUT2D eigenvalue weighted by atomic mass is 32.2. The molecule has 2 rings (SSSR count). The van der Waals surface area contributed by atoms with Crippen LogP contribution >= 0.6 is 11.8 Å². The summed E-state index contributed by atoms with van der Waals surface area (Å²) in [5, 5.41) is 0. The smallest absolute Gasteiger partial charge is 0.0162 e. The number of rotatable bonds is 4. The second-order valence-corrected chi connectivity index (χ2v) is 5.93. The van der Waals surface area contributed by atoms with Crippen molar-refractivity contribution in [2.75, 3.05) is 5.75 Å². The van der Waals surface area contributed by atoms with Gasteiger partial charge in [-0.1, -0.05) is 30.5 Å². The van der Waals surface area contributed by atoms with Crippen LogP contribution in [0.5, 0.6) is 0 Å². The molecule has 0 aliphatic heterocycles. The van der Waals surface area contributed by atoms with Crippen LogP contribution in [0.15, 0.2) is 29.2 Å². The minimum Gasteiger partial charge on any atom is -0.327 e. The lowest BCUT2D eigenvalue weighted by molar-refractivity contribution is 0.463. The molecule has 1 nitrogen and oxygen atoms in total. The van der Waals surface area contributed by atoms with Gasteiger partial charge >= 0.3 is 0 Å². The van der Waals surface area contributed by atoms with Gasteiger partial charge in [-0.3, -0.25) is 0 Å². The lowest BCUT2D eigenvalue weighted by Crippen LogP contribution is -2.30. The molecular formula is C14H21NS. The fourth-order valence-corrected chi connectivity index (χ4v) is 3.52. The Kier molecular flexibility index (Phi) is 4.30. The molecule has 1 aromatic rings. The van der Waals surface area contributed by atoms with Gasteiger partial charge in [0.15, 0.2) is 0 Å². The van der Waals surface area contributed by atoms with E-state index in [1.165, 1.54) is 36.1 Å². The standard InChI is InChI=1S/C14H21NS/c1-11-5-4-8-13(9-11)16-10-14(15)12-6-2-3-7-12/h4-5,8-9,12,14H,2-3,6-7,10,15H2,1H3. The van der Waals surface area contributed by atoms with Gasteiger partial charge in [0.25, 0.3) is 0 Å². The predicted molar refractivity (Wildman–Crippen MR) is 71.8 cm³/mol. The fourth-order valence-electron chi connectivity index (χ4n) is 2.42. The molecule has 1 fully saturated rings. The summed E-state index contributed by atoms with van der Waals surface area (Å²) in [6.07, 6.45) is 5.45. The van der Waals surface area contributed by atoms with Crippen molar-refractivity contribution < 1.29 is 0 Å². The molecule has 1 aliphatic carbocycles. The maximum Gasteiger partial charge on any atom is 0.0162 e. The third-order valence-electron chi connectivity index (χ3n) is 3.44. The lowest BCUT2D eigenvalue weighted by atomic mass is 10.0. The quantitative estimate of drug-likeness (QED) is 0.807. The molecule has 0 heterocycles. The maximum atomic E-state index is 6.24. The van der Waals surface area contributed by atoms with Gasteiger partial charge in [-0.15, -0.1) is 11.8 Å². The van der Waals surface area contributed by atoms with E-state index in [4.69, 9.17) is 5.73 Å². The molecule has 0 radical (unpaired) electrons. The lowest BCUT2D eigenvalue weighted by Gasteiger charge is -2.18. The van der Waals surface area contributed by atoms with Crippen molar-refractivity contribution in [1.29, 1.82) is 0 Å². The topological polar surface area (TPSA) is 26.0 Å². The van der Waals surface area contributed by atoms with E-state index in [0.717, 1.165) is 11.7 Å². The zero-order valence-corrected chi connectivity index (χ0v) is 10.8. The van der Waals surface area contributed by atoms with E-state index in [9.17, 15) is 0 Å². The highest BCUT2D eigenvalue weighted by Crippen LogP contribution is 2.29. The molecule has 1 aliphatic rings. The Balaban J connectivity index is 1.82. The first kappa shape index (κ1) is 12.0. The molecule has 2 heteroatoms. The summed E-state index contributed by atoms with van der Waals surface area (Å²) in [4.78, 5) is 1.36. The van der Waals surface area contributed by atoms with Crippen molar-refractivity contribution in [3.63, 3.8) is 0 Å². The van der Waals surface area contributed by atoms with E-state index >= 15 is 0 Å². The third-order valence-corrected chi connectivity index (χ3v) is 4.58. The van der Waals surface area contributed by atoms with Crippen LogP contribution in [0.2, 0.25) is 0 Å². The van der Waals surface area contributed by atoms with Gasteiger partial charge in [-0.2, -0.15) is 0 Å². The molecule has 88 valence electrons. The van der Waals surface area contributed by atoms with Gasteiger partial charge in [0.1, 0.15) is 0 Å². The van der Waals surface area contributed by atoms with Gasteiger partial charge < -0.3 is 5.73 Å². The number of benzene rings is 1. The zero-order valence-electron chi connectivity index (χ0n) is 9.99. The molecule has 2 N–H and O–H groups in total. The molecule has 0 aromatic heterocycles. The molecule has 1 atom stereocenters. The molecule has 0 bridgehead atoms. The van der Waals surface area contributed by atoms with E-state index in [1.54, 1.807) is 0 Å². The first-order valence-corrected chi connectivity index (χ1v) is 7.19. The van der Waals surface area contributed by atoms with Crippen molar-refractivity contribution in [1.82, 2.24) is 0 Å². The van der Waals surface area contributed by atoms with Gasteiger partial charge in [-0.05, 0) is 37.8 Å². The summed E-state index contributed by atoms with van der Waals surface area (Å²) in [5.41, 5.74) is 7.58. The van der Waals surface area contributed by atoms with Gasteiger partial charge in [0, 0.05) is 16.7 Å². The predicted octanol–water partition coefficient (Wildman–Crippen LogP) is 3.60. The normalized spacial score (nSPS) is 18.9. The van der Waals surface area contributed by atoms with Crippen LogP contribution in [0.4, 0.5) is 0 Å². The molecule has 0 amide bonds. The Morgan fingerprint density at radius 3 is 2.81 bits per heavy atom. The maximum absolute atomic E-state index is 6.24. The Hall–Kier alpha value is -0.470. The monoisotopic (exact) mass is 235 g/mol. The Bertz CT molecular complexity index is 331. The summed E-state index contributed by atoms with van der Waals surface area (Å²) in [6, 6.07) is 9.07. The second-order valence-electron chi connectivity index (χ2n) is 4.84. The van der Waals surface area contributed by atoms with E-state index in [1.807, 2.05) is 11.8 Å². The summed E-state index contributed by atoms with van der Waals surface area (Å²) in [6.45, 7) is 2.14. The number of nitrogens with two attached hydrogens (primary N) is 1. The summed E-state index contributed by atoms with van der Waals surface area (Å²) < 4.78 is 0. The van der Waals surface area contributed by atoms with E-state index in [-0.39, 0.29) is 0 Å². The van der Waals surface area contributed by atoms with Crippen molar-refractivity contribution in [2.45, 2.75) is 43.5 Å². The highest BCUT2D eigenvalue weighted by Gasteiger charge is 2.21. The SMILES string of the molecule is Cc1cccc(SCC(N)C2CCCC2)c1. The van der Waals surface area contributed by atoms with Crippen LogP contribution in [0.25, 0.3) is 0 Å². The van der Waals surface area contributed by atoms with Crippen LogP contribution in [-0.2, 0) is 0 Å². The minimum atomic E-state index is 0.382. The average molecular weight is 235 g/mol. The van der Waals surface area contributed by atoms with E-state index in [2.05, 4.69) is 31.2 Å². The van der Waals surface area contributed by atoms with Crippen LogP contribution < -0.4 is 5.73 Å². The number of aryl methyl sites for hydroxylation is 1. The molecule has 1 saturated carbocycles. The number of hydrogen-bond acceptors (Lipinski definition) is 2. The zero-order chi connectivity index (χ0) is 11.4. The molecule has 1 unspecified atom stereocenters. The number of thioether (sulfide) groups is 1. The van der Waals surface area contributed by atoms with Crippen molar-refractivity contribution in [3.8, 4) is 0 Å². The Morgan fingerprint density at radius 2 is 2.12 bits per heavy atom. The largest absolute Gasteiger partial charge is 0.327 e. The van der Waals surface area contributed by atoms with Crippen LogP contribution in [-0.4, -0.2) is 11.8 Å². The van der Waals surface area contributed by atoms with Gasteiger partial charge in [0.05, 0.1) is 0 Å². The molecular weight excluding hydrogens is 214 g/mol. The average Bonchev–Trinajstić information content (AvgIpc) is 2.79. The van der Waals surface area contributed by atoms with Gasteiger partial charge in [0.2, 0.25) is 0 Å². The van der Waals surface area contributed by atoms with Gasteiger partial charge in [-0.25, -0.2) is 0 Å². The van der Waals surface area contributed by atoms with Crippen molar-refractivity contribution in [2.24, 2.45) is 11.7 Å². The fraction of sp³-hybridized carbons (Fsp3) is 0.571. The summed E-state index contributed by atoms with van der Waals surface area (Å²) >= 11 is 1.90. The second kappa shape index (κ2) is 5.74. The van der Waals surface area contributed by atoms with Crippen LogP contribution in [0, 0.1) is 12.8 Å². The third kappa shape index (κ3) is 3.26. The highest BCUT2D eigenvalue weighted by molar-refractivity contribution is 7.99. The van der Waals surface area contributed by atoms with Crippen LogP contribution in [0.1, 0.15) is 31.2 Å². The van der Waals surface area contributed by atoms with E-state index in [0.29, 0.717) is 6.04 Å². The molecule has 1 aromatic carbocycles. The Labute approximate surface area is 103 Å². The summed E-state index contributed by atoms with van der Waals surface area (Å²) in [7, 11) is 0. The Morgan fingerprint density at radius 1 is 1.38 bits per heavy atom. The van der Waals surface area contributed by atoms with Crippen molar-refractivity contribution in [3.05, 3.63) is 29.8 Å². The molecule has 0 spiro atoms. The summed E-state index contributed by atoms with van der Waals surface area (Å²) in [5.74, 6) is 1.84. The van der Waals surface area contributed by atoms with E-state index < -0.39 is 0 Å². The molecule has 16 heavy (non-hydrogen) atoms. The molecule has 0 saturated heterocycles.